The van der Waals surface area contributed by atoms with E-state index in [4.69, 9.17) is 11.6 Å². The fourth-order valence-corrected chi connectivity index (χ4v) is 2.72. The van der Waals surface area contributed by atoms with Crippen LogP contribution in [0.15, 0.2) is 36.7 Å². The Morgan fingerprint density at radius 1 is 1.29 bits per heavy atom. The molecule has 2 heterocycles. The number of halogens is 1. The van der Waals surface area contributed by atoms with E-state index in [-0.39, 0.29) is 6.03 Å². The largest absolute Gasteiger partial charge is 0.348 e. The number of H-pyrrole nitrogens is 1. The normalized spacial score (nSPS) is 16.0. The summed E-state index contributed by atoms with van der Waals surface area (Å²) in [6, 6.07) is 7.07. The number of nitrogens with zero attached hydrogens (tertiary/aromatic N) is 2. The van der Waals surface area contributed by atoms with Gasteiger partial charge >= 0.3 is 6.03 Å². The Kier molecular flexibility index (Phi) is 4.10. The molecule has 1 aliphatic rings. The van der Waals surface area contributed by atoms with Crippen LogP contribution in [0.4, 0.5) is 10.5 Å². The summed E-state index contributed by atoms with van der Waals surface area (Å²) < 4.78 is 0. The van der Waals surface area contributed by atoms with Gasteiger partial charge in [-0.3, -0.25) is 0 Å². The fraction of sp³-hybridized carbons (Fsp3) is 0.333. The number of anilines is 1. The average Bonchev–Trinajstić information content (AvgIpc) is 3.04. The van der Waals surface area contributed by atoms with Gasteiger partial charge in [0, 0.05) is 42.1 Å². The lowest BCUT2D eigenvalue weighted by Crippen LogP contribution is -2.40. The van der Waals surface area contributed by atoms with E-state index in [9.17, 15) is 4.79 Å². The van der Waals surface area contributed by atoms with Crippen LogP contribution < -0.4 is 5.32 Å². The molecule has 2 amide bonds. The number of carbonyl (C=O) groups is 1. The van der Waals surface area contributed by atoms with E-state index in [2.05, 4.69) is 15.3 Å². The van der Waals surface area contributed by atoms with Crippen LogP contribution in [-0.2, 0) is 0 Å². The standard InChI is InChI=1S/C15H17ClN4O/c16-12-1-3-13(4-2-12)19-15(21)20-9-5-11(6-10-20)14-17-7-8-18-14/h1-4,7-8,11H,5-6,9-10H2,(H,17,18)(H,19,21). The Hall–Kier alpha value is -2.01. The van der Waals surface area contributed by atoms with Crippen LogP contribution in [0.3, 0.4) is 0 Å². The summed E-state index contributed by atoms with van der Waals surface area (Å²) in [4.78, 5) is 21.5. The summed E-state index contributed by atoms with van der Waals surface area (Å²) in [5.41, 5.74) is 0.762. The molecule has 1 fully saturated rings. The molecule has 0 radical (unpaired) electrons. The number of urea groups is 1. The predicted molar refractivity (Wildman–Crippen MR) is 82.6 cm³/mol. The van der Waals surface area contributed by atoms with Crippen molar-refractivity contribution in [3.05, 3.63) is 47.5 Å². The minimum Gasteiger partial charge on any atom is -0.348 e. The Morgan fingerprint density at radius 3 is 2.62 bits per heavy atom. The number of likely N-dealkylation sites (tertiary alicyclic amines) is 1. The minimum absolute atomic E-state index is 0.0600. The molecule has 1 saturated heterocycles. The van der Waals surface area contributed by atoms with Gasteiger partial charge in [-0.2, -0.15) is 0 Å². The molecule has 5 nitrogen and oxygen atoms in total. The number of hydrogen-bond donors (Lipinski definition) is 2. The molecule has 0 spiro atoms. The average molecular weight is 305 g/mol. The zero-order chi connectivity index (χ0) is 14.7. The first-order chi connectivity index (χ1) is 10.2. The van der Waals surface area contributed by atoms with Crippen LogP contribution in [0.25, 0.3) is 0 Å². The van der Waals surface area contributed by atoms with Gasteiger partial charge in [-0.15, -0.1) is 0 Å². The molecule has 110 valence electrons. The van der Waals surface area contributed by atoms with Crippen molar-refractivity contribution in [2.75, 3.05) is 18.4 Å². The van der Waals surface area contributed by atoms with E-state index < -0.39 is 0 Å². The van der Waals surface area contributed by atoms with Crippen molar-refractivity contribution < 1.29 is 4.79 Å². The minimum atomic E-state index is -0.0600. The number of piperidine rings is 1. The summed E-state index contributed by atoms with van der Waals surface area (Å²) >= 11 is 5.83. The Bertz CT molecular complexity index is 589. The topological polar surface area (TPSA) is 61.0 Å². The lowest BCUT2D eigenvalue weighted by Gasteiger charge is -2.31. The number of imidazole rings is 1. The van der Waals surface area contributed by atoms with Crippen molar-refractivity contribution in [1.29, 1.82) is 0 Å². The number of amides is 2. The quantitative estimate of drug-likeness (QED) is 0.892. The van der Waals surface area contributed by atoms with Gasteiger partial charge in [0.05, 0.1) is 0 Å². The maximum atomic E-state index is 12.2. The molecular weight excluding hydrogens is 288 g/mol. The van der Waals surface area contributed by atoms with Gasteiger partial charge in [-0.1, -0.05) is 11.6 Å². The van der Waals surface area contributed by atoms with Crippen molar-refractivity contribution in [2.24, 2.45) is 0 Å². The van der Waals surface area contributed by atoms with Crippen molar-refractivity contribution in [2.45, 2.75) is 18.8 Å². The summed E-state index contributed by atoms with van der Waals surface area (Å²) in [5.74, 6) is 1.44. The van der Waals surface area contributed by atoms with Crippen LogP contribution in [-0.4, -0.2) is 34.0 Å². The third-order valence-corrected chi connectivity index (χ3v) is 4.04. The van der Waals surface area contributed by atoms with Gasteiger partial charge in [0.15, 0.2) is 0 Å². The molecule has 0 bridgehead atoms. The number of aromatic nitrogens is 2. The van der Waals surface area contributed by atoms with Crippen molar-refractivity contribution >= 4 is 23.3 Å². The molecule has 2 aromatic rings. The summed E-state index contributed by atoms with van der Waals surface area (Å²) in [7, 11) is 0. The monoisotopic (exact) mass is 304 g/mol. The van der Waals surface area contributed by atoms with Crippen molar-refractivity contribution in [3.63, 3.8) is 0 Å². The molecule has 0 atom stereocenters. The molecule has 0 aliphatic carbocycles. The SMILES string of the molecule is O=C(Nc1ccc(Cl)cc1)N1CCC(c2ncc[nH]2)CC1. The van der Waals surface area contributed by atoms with Crippen LogP contribution in [0, 0.1) is 0 Å². The van der Waals surface area contributed by atoms with Gasteiger partial charge in [0.1, 0.15) is 5.82 Å². The molecule has 2 N–H and O–H groups in total. The molecule has 1 aromatic carbocycles. The number of carbonyl (C=O) groups excluding carboxylic acids is 1. The lowest BCUT2D eigenvalue weighted by molar-refractivity contribution is 0.193. The number of hydrogen-bond acceptors (Lipinski definition) is 2. The zero-order valence-corrected chi connectivity index (χ0v) is 12.3. The number of aromatic amines is 1. The molecule has 0 saturated carbocycles. The predicted octanol–water partition coefficient (Wildman–Crippen LogP) is 3.47. The highest BCUT2D eigenvalue weighted by Crippen LogP contribution is 2.25. The summed E-state index contributed by atoms with van der Waals surface area (Å²) in [6.45, 7) is 1.48. The highest BCUT2D eigenvalue weighted by molar-refractivity contribution is 6.30. The number of rotatable bonds is 2. The van der Waals surface area contributed by atoms with Gasteiger partial charge in [0.2, 0.25) is 0 Å². The van der Waals surface area contributed by atoms with E-state index in [1.165, 1.54) is 0 Å². The maximum absolute atomic E-state index is 12.2. The Labute approximate surface area is 128 Å². The first kappa shape index (κ1) is 13.9. The number of benzene rings is 1. The molecule has 1 aliphatic heterocycles. The third kappa shape index (κ3) is 3.36. The Morgan fingerprint density at radius 2 is 2.00 bits per heavy atom. The zero-order valence-electron chi connectivity index (χ0n) is 11.6. The molecule has 1 aromatic heterocycles. The first-order valence-electron chi connectivity index (χ1n) is 7.03. The van der Waals surface area contributed by atoms with Gasteiger partial charge in [0.25, 0.3) is 0 Å². The lowest BCUT2D eigenvalue weighted by atomic mass is 9.96. The molecule has 21 heavy (non-hydrogen) atoms. The van der Waals surface area contributed by atoms with Gasteiger partial charge in [-0.25, -0.2) is 9.78 Å². The van der Waals surface area contributed by atoms with E-state index in [1.54, 1.807) is 30.5 Å². The smallest absolute Gasteiger partial charge is 0.321 e. The van der Waals surface area contributed by atoms with E-state index in [0.717, 1.165) is 37.4 Å². The second-order valence-corrected chi connectivity index (χ2v) is 5.61. The molecule has 6 heteroatoms. The third-order valence-electron chi connectivity index (χ3n) is 3.78. The maximum Gasteiger partial charge on any atom is 0.321 e. The molecule has 3 rings (SSSR count). The van der Waals surface area contributed by atoms with Crippen LogP contribution in [0.2, 0.25) is 5.02 Å². The molecule has 0 unspecified atom stereocenters. The summed E-state index contributed by atoms with van der Waals surface area (Å²) in [5, 5.41) is 3.55. The van der Waals surface area contributed by atoms with E-state index in [1.807, 2.05) is 11.1 Å². The van der Waals surface area contributed by atoms with Gasteiger partial charge < -0.3 is 15.2 Å². The highest BCUT2D eigenvalue weighted by Gasteiger charge is 2.25. The second-order valence-electron chi connectivity index (χ2n) is 5.17. The summed E-state index contributed by atoms with van der Waals surface area (Å²) in [6.07, 6.45) is 5.48. The first-order valence-corrected chi connectivity index (χ1v) is 7.41. The van der Waals surface area contributed by atoms with Crippen LogP contribution in [0.1, 0.15) is 24.6 Å². The molecular formula is C15H17ClN4O. The fourth-order valence-electron chi connectivity index (χ4n) is 2.59. The second kappa shape index (κ2) is 6.18. The highest BCUT2D eigenvalue weighted by atomic mass is 35.5. The van der Waals surface area contributed by atoms with Crippen LogP contribution >= 0.6 is 11.6 Å². The Balaban J connectivity index is 1.54. The van der Waals surface area contributed by atoms with E-state index >= 15 is 0 Å². The van der Waals surface area contributed by atoms with Crippen molar-refractivity contribution in [1.82, 2.24) is 14.9 Å². The van der Waals surface area contributed by atoms with Crippen molar-refractivity contribution in [3.8, 4) is 0 Å². The number of nitrogens with one attached hydrogen (secondary N) is 2. The van der Waals surface area contributed by atoms with Crippen LogP contribution in [0.5, 0.6) is 0 Å². The van der Waals surface area contributed by atoms with E-state index in [0.29, 0.717) is 10.9 Å². The van der Waals surface area contributed by atoms with Gasteiger partial charge in [-0.05, 0) is 37.1 Å².